The Morgan fingerprint density at radius 1 is 1.33 bits per heavy atom. The fourth-order valence-electron chi connectivity index (χ4n) is 1.71. The number of rotatable bonds is 3. The number of carbonyl (C=O) groups excluding carboxylic acids is 1. The lowest BCUT2D eigenvalue weighted by Gasteiger charge is -2.05. The zero-order chi connectivity index (χ0) is 15.2. The Hall–Kier alpha value is -3.38. The lowest BCUT2D eigenvalue weighted by atomic mass is 10.1. The van der Waals surface area contributed by atoms with Crippen LogP contribution in [0.1, 0.15) is 11.1 Å². The van der Waals surface area contributed by atoms with Gasteiger partial charge in [0.1, 0.15) is 29.1 Å². The fourth-order valence-corrected chi connectivity index (χ4v) is 1.71. The number of aryl methyl sites for hydroxylation is 1. The molecule has 0 saturated heterocycles. The maximum atomic E-state index is 12.1. The summed E-state index contributed by atoms with van der Waals surface area (Å²) in [6.45, 7) is 0. The molecule has 0 unspecified atom stereocenters. The largest absolute Gasteiger partial charge is 0.305 e. The minimum absolute atomic E-state index is 0.0497. The number of aromatic nitrogens is 2. The highest BCUT2D eigenvalue weighted by molar-refractivity contribution is 6.09. The van der Waals surface area contributed by atoms with Crippen LogP contribution in [-0.2, 0) is 11.8 Å². The Morgan fingerprint density at radius 2 is 2.05 bits per heavy atom. The number of nitrogens with zero attached hydrogens (tertiary/aromatic N) is 4. The summed E-state index contributed by atoms with van der Waals surface area (Å²) < 4.78 is 1.37. The first kappa shape index (κ1) is 14.0. The molecule has 0 spiro atoms. The normalized spacial score (nSPS) is 10.5. The summed E-state index contributed by atoms with van der Waals surface area (Å²) in [5.74, 6) is -0.321. The third kappa shape index (κ3) is 3.14. The maximum Gasteiger partial charge on any atom is 0.267 e. The standard InChI is InChI=1S/C15H11N5O/c1-20-14(13(9-17)10-18-20)19-15(21)12(8-16)7-11-5-3-2-4-6-11/h2-7,10H,1H3,(H,19,21)/b12-7+. The Morgan fingerprint density at radius 3 is 2.67 bits per heavy atom. The number of nitriles is 2. The topological polar surface area (TPSA) is 94.5 Å². The molecule has 2 aromatic rings. The second-order valence-electron chi connectivity index (χ2n) is 4.18. The smallest absolute Gasteiger partial charge is 0.267 e. The summed E-state index contributed by atoms with van der Waals surface area (Å²) in [6, 6.07) is 12.8. The van der Waals surface area contributed by atoms with Gasteiger partial charge in [-0.05, 0) is 11.6 Å². The van der Waals surface area contributed by atoms with E-state index in [0.717, 1.165) is 5.56 Å². The van der Waals surface area contributed by atoms with Gasteiger partial charge in [-0.1, -0.05) is 30.3 Å². The predicted molar refractivity (Wildman–Crippen MR) is 76.6 cm³/mol. The van der Waals surface area contributed by atoms with Crippen LogP contribution in [0, 0.1) is 22.7 Å². The highest BCUT2D eigenvalue weighted by Gasteiger charge is 2.15. The van der Waals surface area contributed by atoms with E-state index in [4.69, 9.17) is 10.5 Å². The summed E-state index contributed by atoms with van der Waals surface area (Å²) in [5, 5.41) is 24.5. The van der Waals surface area contributed by atoms with Crippen molar-refractivity contribution < 1.29 is 4.79 Å². The van der Waals surface area contributed by atoms with Crippen LogP contribution in [0.25, 0.3) is 6.08 Å². The first-order chi connectivity index (χ1) is 10.2. The molecule has 0 aliphatic heterocycles. The highest BCUT2D eigenvalue weighted by atomic mass is 16.1. The molecule has 1 aromatic carbocycles. The molecule has 6 heteroatoms. The molecule has 0 aliphatic carbocycles. The van der Waals surface area contributed by atoms with Gasteiger partial charge in [0.15, 0.2) is 0 Å². The Bertz CT molecular complexity index is 775. The molecule has 0 aliphatic rings. The first-order valence-corrected chi connectivity index (χ1v) is 6.06. The fraction of sp³-hybridized carbons (Fsp3) is 0.0667. The molecule has 1 aromatic heterocycles. The van der Waals surface area contributed by atoms with Crippen molar-refractivity contribution in [3.05, 3.63) is 53.2 Å². The number of carbonyl (C=O) groups is 1. The van der Waals surface area contributed by atoms with Gasteiger partial charge < -0.3 is 5.32 Å². The van der Waals surface area contributed by atoms with Crippen LogP contribution in [0.2, 0.25) is 0 Å². The maximum absolute atomic E-state index is 12.1. The minimum Gasteiger partial charge on any atom is -0.305 e. The lowest BCUT2D eigenvalue weighted by Crippen LogP contribution is -2.16. The van der Waals surface area contributed by atoms with Gasteiger partial charge in [-0.2, -0.15) is 15.6 Å². The zero-order valence-corrected chi connectivity index (χ0v) is 11.2. The van der Waals surface area contributed by atoms with Crippen molar-refractivity contribution in [2.24, 2.45) is 7.05 Å². The van der Waals surface area contributed by atoms with Gasteiger partial charge in [0, 0.05) is 7.05 Å². The van der Waals surface area contributed by atoms with Crippen molar-refractivity contribution in [1.29, 1.82) is 10.5 Å². The van der Waals surface area contributed by atoms with Crippen molar-refractivity contribution in [3.63, 3.8) is 0 Å². The predicted octanol–water partition coefficient (Wildman–Crippen LogP) is 1.84. The van der Waals surface area contributed by atoms with Crippen molar-refractivity contribution in [3.8, 4) is 12.1 Å². The molecular weight excluding hydrogens is 266 g/mol. The van der Waals surface area contributed by atoms with Crippen molar-refractivity contribution in [2.75, 3.05) is 5.32 Å². The lowest BCUT2D eigenvalue weighted by molar-refractivity contribution is -0.112. The Balaban J connectivity index is 2.27. The summed E-state index contributed by atoms with van der Waals surface area (Å²) in [6.07, 6.45) is 2.83. The summed E-state index contributed by atoms with van der Waals surface area (Å²) in [7, 11) is 1.60. The molecular formula is C15H11N5O. The molecule has 6 nitrogen and oxygen atoms in total. The van der Waals surface area contributed by atoms with Crippen LogP contribution >= 0.6 is 0 Å². The SMILES string of the molecule is Cn1ncc(C#N)c1NC(=O)/C(C#N)=C/c1ccccc1. The quantitative estimate of drug-likeness (QED) is 0.684. The van der Waals surface area contributed by atoms with Crippen molar-refractivity contribution >= 4 is 17.8 Å². The van der Waals surface area contributed by atoms with E-state index in [1.807, 2.05) is 30.3 Å². The molecule has 0 bridgehead atoms. The Labute approximate surface area is 121 Å². The average Bonchev–Trinajstić information content (AvgIpc) is 2.86. The molecule has 21 heavy (non-hydrogen) atoms. The number of hydrogen-bond acceptors (Lipinski definition) is 4. The van der Waals surface area contributed by atoms with Crippen LogP contribution in [0.15, 0.2) is 42.1 Å². The van der Waals surface area contributed by atoms with E-state index in [9.17, 15) is 4.79 Å². The first-order valence-electron chi connectivity index (χ1n) is 6.06. The molecule has 2 rings (SSSR count). The van der Waals surface area contributed by atoms with Gasteiger partial charge >= 0.3 is 0 Å². The van der Waals surface area contributed by atoms with Crippen LogP contribution in [0.4, 0.5) is 5.82 Å². The molecule has 102 valence electrons. The van der Waals surface area contributed by atoms with Gasteiger partial charge in [0.25, 0.3) is 5.91 Å². The molecule has 0 atom stereocenters. The molecule has 0 radical (unpaired) electrons. The van der Waals surface area contributed by atoms with E-state index in [2.05, 4.69) is 10.4 Å². The zero-order valence-electron chi connectivity index (χ0n) is 11.2. The van der Waals surface area contributed by atoms with E-state index in [-0.39, 0.29) is 17.0 Å². The molecule has 0 fully saturated rings. The minimum atomic E-state index is -0.582. The third-order valence-corrected chi connectivity index (χ3v) is 2.77. The van der Waals surface area contributed by atoms with Crippen LogP contribution in [0.5, 0.6) is 0 Å². The number of anilines is 1. The molecule has 1 amide bonds. The number of benzene rings is 1. The second kappa shape index (κ2) is 6.18. The molecule has 1 heterocycles. The van der Waals surface area contributed by atoms with Crippen molar-refractivity contribution in [2.45, 2.75) is 0 Å². The van der Waals surface area contributed by atoms with Crippen LogP contribution in [0.3, 0.4) is 0 Å². The van der Waals surface area contributed by atoms with Crippen LogP contribution in [-0.4, -0.2) is 15.7 Å². The van der Waals surface area contributed by atoms with E-state index >= 15 is 0 Å². The Kier molecular flexibility index (Phi) is 4.13. The monoisotopic (exact) mass is 277 g/mol. The number of hydrogen-bond donors (Lipinski definition) is 1. The van der Waals surface area contributed by atoms with Crippen molar-refractivity contribution in [1.82, 2.24) is 9.78 Å². The third-order valence-electron chi connectivity index (χ3n) is 2.77. The van der Waals surface area contributed by atoms with E-state index < -0.39 is 5.91 Å². The summed E-state index contributed by atoms with van der Waals surface area (Å²) in [4.78, 5) is 12.1. The number of amides is 1. The average molecular weight is 277 g/mol. The van der Waals surface area contributed by atoms with Gasteiger partial charge in [-0.15, -0.1) is 0 Å². The summed E-state index contributed by atoms with van der Waals surface area (Å²) in [5.41, 5.74) is 0.934. The highest BCUT2D eigenvalue weighted by Crippen LogP contribution is 2.14. The summed E-state index contributed by atoms with van der Waals surface area (Å²) >= 11 is 0. The van der Waals surface area contributed by atoms with E-state index in [1.165, 1.54) is 17.0 Å². The second-order valence-corrected chi connectivity index (χ2v) is 4.18. The van der Waals surface area contributed by atoms with E-state index in [1.54, 1.807) is 19.2 Å². The molecule has 1 N–H and O–H groups in total. The van der Waals surface area contributed by atoms with Gasteiger partial charge in [-0.25, -0.2) is 0 Å². The van der Waals surface area contributed by atoms with Crippen LogP contribution < -0.4 is 5.32 Å². The van der Waals surface area contributed by atoms with Gasteiger partial charge in [-0.3, -0.25) is 9.48 Å². The molecule has 0 saturated carbocycles. The van der Waals surface area contributed by atoms with Gasteiger partial charge in [0.2, 0.25) is 0 Å². The van der Waals surface area contributed by atoms with E-state index in [0.29, 0.717) is 0 Å². The number of nitrogens with one attached hydrogen (secondary N) is 1. The van der Waals surface area contributed by atoms with Gasteiger partial charge in [0.05, 0.1) is 6.20 Å².